The summed E-state index contributed by atoms with van der Waals surface area (Å²) in [5, 5.41) is 0. The average Bonchev–Trinajstić information content (AvgIpc) is 2.53. The molecule has 1 rings (SSSR count). The Balaban J connectivity index is 2.44. The van der Waals surface area contributed by atoms with E-state index in [1.54, 1.807) is 0 Å². The van der Waals surface area contributed by atoms with Crippen LogP contribution in [0.15, 0.2) is 24.3 Å². The van der Waals surface area contributed by atoms with Crippen molar-refractivity contribution in [2.45, 2.75) is 31.7 Å². The van der Waals surface area contributed by atoms with Crippen LogP contribution in [0.3, 0.4) is 0 Å². The van der Waals surface area contributed by atoms with Crippen molar-refractivity contribution < 1.29 is 23.5 Å². The third kappa shape index (κ3) is 9.84. The summed E-state index contributed by atoms with van der Waals surface area (Å²) < 4.78 is 23.4. The fourth-order valence-electron chi connectivity index (χ4n) is 1.88. The first-order chi connectivity index (χ1) is 11.7. The summed E-state index contributed by atoms with van der Waals surface area (Å²) in [6, 6.07) is 1.95. The molecule has 0 aliphatic rings. The standard InChI is InChI=1S/C16H18Cl3FO4Si/c1-23-15(21)9-7-12-6-8-14(13(20)11-12)24-16(22)5-3-2-4-10-25(17,18)19/h6-9,11H,2-5,10H2,1H3/b9-7+. The first-order valence-corrected chi connectivity index (χ1v) is 12.8. The van der Waals surface area contributed by atoms with Gasteiger partial charge in [-0.25, -0.2) is 9.18 Å². The van der Waals surface area contributed by atoms with Crippen LogP contribution in [-0.2, 0) is 14.3 Å². The molecule has 0 aromatic heterocycles. The lowest BCUT2D eigenvalue weighted by Crippen LogP contribution is -2.10. The second-order valence-electron chi connectivity index (χ2n) is 5.20. The van der Waals surface area contributed by atoms with Gasteiger partial charge in [0.25, 0.3) is 0 Å². The number of carbonyl (C=O) groups excluding carboxylic acids is 2. The SMILES string of the molecule is COC(=O)/C=C/c1ccc(OC(=O)CCCCC[Si](Cl)(Cl)Cl)c(F)c1. The van der Waals surface area contributed by atoms with Gasteiger partial charge in [0, 0.05) is 12.5 Å². The van der Waals surface area contributed by atoms with E-state index in [2.05, 4.69) is 4.74 Å². The Bertz CT molecular complexity index is 632. The van der Waals surface area contributed by atoms with Crippen molar-refractivity contribution >= 4 is 57.3 Å². The van der Waals surface area contributed by atoms with Gasteiger partial charge in [-0.15, -0.1) is 33.2 Å². The zero-order chi connectivity index (χ0) is 18.9. The van der Waals surface area contributed by atoms with Crippen LogP contribution in [0, 0.1) is 5.82 Å². The second-order valence-corrected chi connectivity index (χ2v) is 14.5. The van der Waals surface area contributed by atoms with E-state index in [0.29, 0.717) is 18.0 Å². The van der Waals surface area contributed by atoms with Gasteiger partial charge in [-0.05, 0) is 36.2 Å². The summed E-state index contributed by atoms with van der Waals surface area (Å²) in [6.07, 6.45) is 4.76. The molecule has 25 heavy (non-hydrogen) atoms. The predicted molar refractivity (Wildman–Crippen MR) is 99.7 cm³/mol. The van der Waals surface area contributed by atoms with Crippen molar-refractivity contribution in [1.82, 2.24) is 0 Å². The normalized spacial score (nSPS) is 11.6. The van der Waals surface area contributed by atoms with E-state index in [1.165, 1.54) is 31.4 Å². The van der Waals surface area contributed by atoms with Crippen LogP contribution in [0.25, 0.3) is 6.08 Å². The van der Waals surface area contributed by atoms with E-state index in [1.807, 2.05) is 0 Å². The molecular weight excluding hydrogens is 410 g/mol. The molecule has 0 aliphatic heterocycles. The van der Waals surface area contributed by atoms with Crippen LogP contribution in [-0.4, -0.2) is 25.1 Å². The maximum Gasteiger partial charge on any atom is 0.341 e. The van der Waals surface area contributed by atoms with Crippen LogP contribution in [0.1, 0.15) is 31.2 Å². The topological polar surface area (TPSA) is 52.6 Å². The Morgan fingerprint density at radius 3 is 2.52 bits per heavy atom. The molecule has 0 N–H and O–H groups in total. The fourth-order valence-corrected chi connectivity index (χ4v) is 3.73. The molecule has 0 bridgehead atoms. The minimum Gasteiger partial charge on any atom is -0.466 e. The maximum atomic E-state index is 13.9. The highest BCUT2D eigenvalue weighted by Crippen LogP contribution is 2.27. The van der Waals surface area contributed by atoms with E-state index in [-0.39, 0.29) is 12.2 Å². The summed E-state index contributed by atoms with van der Waals surface area (Å²) in [7, 11) is 1.25. The van der Waals surface area contributed by atoms with E-state index in [4.69, 9.17) is 38.0 Å². The highest BCUT2D eigenvalue weighted by atomic mass is 35.8. The fraction of sp³-hybridized carbons (Fsp3) is 0.375. The minimum atomic E-state index is -2.61. The molecule has 0 heterocycles. The number of benzene rings is 1. The second kappa shape index (κ2) is 10.8. The summed E-state index contributed by atoms with van der Waals surface area (Å²) in [5.41, 5.74) is 0.443. The predicted octanol–water partition coefficient (Wildman–Crippen LogP) is 5.13. The smallest absolute Gasteiger partial charge is 0.341 e. The quantitative estimate of drug-likeness (QED) is 0.137. The number of rotatable bonds is 9. The lowest BCUT2D eigenvalue weighted by molar-refractivity contribution is -0.135. The van der Waals surface area contributed by atoms with Gasteiger partial charge in [0.1, 0.15) is 0 Å². The molecule has 1 aromatic carbocycles. The molecule has 0 spiro atoms. The number of halogens is 4. The molecule has 1 aromatic rings. The number of hydrogen-bond acceptors (Lipinski definition) is 4. The van der Waals surface area contributed by atoms with Crippen LogP contribution >= 0.6 is 33.2 Å². The first-order valence-electron chi connectivity index (χ1n) is 7.54. The van der Waals surface area contributed by atoms with Crippen LogP contribution < -0.4 is 4.74 Å². The van der Waals surface area contributed by atoms with E-state index in [0.717, 1.165) is 18.9 Å². The molecule has 0 saturated carbocycles. The average molecular weight is 428 g/mol. The molecule has 9 heteroatoms. The molecule has 4 nitrogen and oxygen atoms in total. The molecule has 0 aliphatic carbocycles. The summed E-state index contributed by atoms with van der Waals surface area (Å²) in [4.78, 5) is 22.7. The van der Waals surface area contributed by atoms with Gasteiger partial charge >= 0.3 is 17.9 Å². The number of hydrogen-bond donors (Lipinski definition) is 0. The zero-order valence-corrected chi connectivity index (χ0v) is 16.8. The molecule has 138 valence electrons. The third-order valence-electron chi connectivity index (χ3n) is 3.13. The molecule has 0 saturated heterocycles. The van der Waals surface area contributed by atoms with Gasteiger partial charge in [0.15, 0.2) is 11.6 Å². The van der Waals surface area contributed by atoms with Gasteiger partial charge in [-0.2, -0.15) is 0 Å². The van der Waals surface area contributed by atoms with Crippen molar-refractivity contribution in [2.75, 3.05) is 7.11 Å². The zero-order valence-electron chi connectivity index (χ0n) is 13.6. The van der Waals surface area contributed by atoms with Crippen molar-refractivity contribution in [3.63, 3.8) is 0 Å². The molecule has 0 radical (unpaired) electrons. The third-order valence-corrected chi connectivity index (χ3v) is 5.76. The minimum absolute atomic E-state index is 0.158. The van der Waals surface area contributed by atoms with Crippen molar-refractivity contribution in [3.05, 3.63) is 35.7 Å². The molecule has 0 unspecified atom stereocenters. The van der Waals surface area contributed by atoms with Gasteiger partial charge in [-0.3, -0.25) is 4.79 Å². The summed E-state index contributed by atoms with van der Waals surface area (Å²) in [5.74, 6) is -1.92. The van der Waals surface area contributed by atoms with Crippen LogP contribution in [0.4, 0.5) is 4.39 Å². The maximum absolute atomic E-state index is 13.9. The molecule has 0 fully saturated rings. The Kier molecular flexibility index (Phi) is 9.49. The number of methoxy groups -OCH3 is 1. The lowest BCUT2D eigenvalue weighted by Gasteiger charge is -2.08. The van der Waals surface area contributed by atoms with Gasteiger partial charge in [0.2, 0.25) is 0 Å². The number of esters is 2. The summed E-state index contributed by atoms with van der Waals surface area (Å²) in [6.45, 7) is 0. The Morgan fingerprint density at radius 1 is 1.20 bits per heavy atom. The Labute approximate surface area is 161 Å². The lowest BCUT2D eigenvalue weighted by atomic mass is 10.2. The monoisotopic (exact) mass is 426 g/mol. The van der Waals surface area contributed by atoms with Gasteiger partial charge in [-0.1, -0.05) is 18.9 Å². The summed E-state index contributed by atoms with van der Waals surface area (Å²) >= 11 is 17.3. The van der Waals surface area contributed by atoms with Crippen LogP contribution in [0.2, 0.25) is 6.04 Å². The van der Waals surface area contributed by atoms with Crippen molar-refractivity contribution in [1.29, 1.82) is 0 Å². The number of carbonyl (C=O) groups is 2. The van der Waals surface area contributed by atoms with Gasteiger partial charge < -0.3 is 9.47 Å². The number of ether oxygens (including phenoxy) is 2. The van der Waals surface area contributed by atoms with E-state index >= 15 is 0 Å². The molecular formula is C16H18Cl3FO4Si. The van der Waals surface area contributed by atoms with E-state index < -0.39 is 23.8 Å². The Morgan fingerprint density at radius 2 is 1.92 bits per heavy atom. The molecule has 0 amide bonds. The van der Waals surface area contributed by atoms with Gasteiger partial charge in [0.05, 0.1) is 7.11 Å². The van der Waals surface area contributed by atoms with Crippen LogP contribution in [0.5, 0.6) is 5.75 Å². The highest BCUT2D eigenvalue weighted by molar-refractivity contribution is 7.64. The van der Waals surface area contributed by atoms with Crippen molar-refractivity contribution in [3.8, 4) is 5.75 Å². The number of unbranched alkanes of at least 4 members (excludes halogenated alkanes) is 2. The van der Waals surface area contributed by atoms with E-state index in [9.17, 15) is 14.0 Å². The largest absolute Gasteiger partial charge is 0.466 e. The Hall–Kier alpha value is -1.08. The molecule has 0 atom stereocenters. The van der Waals surface area contributed by atoms with Crippen molar-refractivity contribution in [2.24, 2.45) is 0 Å². The first kappa shape index (κ1) is 22.0. The highest BCUT2D eigenvalue weighted by Gasteiger charge is 2.23.